The van der Waals surface area contributed by atoms with Crippen LogP contribution in [0.2, 0.25) is 0 Å². The van der Waals surface area contributed by atoms with Crippen molar-refractivity contribution in [1.82, 2.24) is 15.2 Å². The topological polar surface area (TPSA) is 65.1 Å². The van der Waals surface area contributed by atoms with Crippen LogP contribution in [0.4, 0.5) is 0 Å². The van der Waals surface area contributed by atoms with Crippen LogP contribution in [0.5, 0.6) is 0 Å². The van der Waals surface area contributed by atoms with Gasteiger partial charge in [-0.3, -0.25) is 16.0 Å². The molecule has 5 heteroatoms. The Bertz CT molecular complexity index is 376. The second kappa shape index (κ2) is 7.62. The summed E-state index contributed by atoms with van der Waals surface area (Å²) in [7, 11) is 1.74. The molecule has 5 nitrogen and oxygen atoms in total. The monoisotopic (exact) mass is 268 g/mol. The minimum absolute atomic E-state index is 0.0929. The average Bonchev–Trinajstić information content (AvgIpc) is 2.80. The Morgan fingerprint density at radius 3 is 2.53 bits per heavy atom. The van der Waals surface area contributed by atoms with E-state index in [4.69, 9.17) is 10.6 Å². The second-order valence-electron chi connectivity index (χ2n) is 5.22. The van der Waals surface area contributed by atoms with Gasteiger partial charge in [0.2, 0.25) is 0 Å². The standard InChI is InChI=1S/C14H28N4O/c1-6-11-8-12(18(7-2)17-11)9-13(16-15)14(19-5)10(3)4/h8,10,13-14,16H,6-7,9,15H2,1-5H3. The quantitative estimate of drug-likeness (QED) is 0.554. The first kappa shape index (κ1) is 16.1. The number of nitrogens with zero attached hydrogens (tertiary/aromatic N) is 2. The van der Waals surface area contributed by atoms with Gasteiger partial charge in [-0.1, -0.05) is 20.8 Å². The number of hydrogen-bond acceptors (Lipinski definition) is 4. The van der Waals surface area contributed by atoms with Gasteiger partial charge in [0.25, 0.3) is 0 Å². The van der Waals surface area contributed by atoms with Gasteiger partial charge in [0.05, 0.1) is 17.8 Å². The summed E-state index contributed by atoms with van der Waals surface area (Å²) in [5.41, 5.74) is 5.24. The Kier molecular flexibility index (Phi) is 6.48. The number of methoxy groups -OCH3 is 1. The zero-order valence-electron chi connectivity index (χ0n) is 12.8. The van der Waals surface area contributed by atoms with E-state index in [0.717, 1.165) is 25.1 Å². The van der Waals surface area contributed by atoms with E-state index in [2.05, 4.69) is 49.0 Å². The van der Waals surface area contributed by atoms with Crippen LogP contribution >= 0.6 is 0 Å². The molecule has 1 rings (SSSR count). The molecule has 0 radical (unpaired) electrons. The highest BCUT2D eigenvalue weighted by atomic mass is 16.5. The second-order valence-corrected chi connectivity index (χ2v) is 5.22. The SMILES string of the molecule is CCc1cc(CC(NN)C(OC)C(C)C)n(CC)n1. The highest BCUT2D eigenvalue weighted by molar-refractivity contribution is 5.12. The van der Waals surface area contributed by atoms with Gasteiger partial charge >= 0.3 is 0 Å². The van der Waals surface area contributed by atoms with Crippen LogP contribution in [0.15, 0.2) is 6.07 Å². The molecule has 0 bridgehead atoms. The summed E-state index contributed by atoms with van der Waals surface area (Å²) in [6, 6.07) is 2.26. The Morgan fingerprint density at radius 1 is 1.42 bits per heavy atom. The summed E-state index contributed by atoms with van der Waals surface area (Å²) in [6.07, 6.45) is 1.88. The van der Waals surface area contributed by atoms with Gasteiger partial charge in [-0.15, -0.1) is 0 Å². The van der Waals surface area contributed by atoms with E-state index in [1.54, 1.807) is 7.11 Å². The molecule has 0 saturated heterocycles. The molecule has 2 atom stereocenters. The van der Waals surface area contributed by atoms with E-state index in [1.807, 2.05) is 0 Å². The third-order valence-corrected chi connectivity index (χ3v) is 3.54. The predicted molar refractivity (Wildman–Crippen MR) is 77.7 cm³/mol. The fraction of sp³-hybridized carbons (Fsp3) is 0.786. The van der Waals surface area contributed by atoms with Crippen molar-refractivity contribution in [1.29, 1.82) is 0 Å². The molecule has 0 spiro atoms. The van der Waals surface area contributed by atoms with Gasteiger partial charge in [0, 0.05) is 25.8 Å². The van der Waals surface area contributed by atoms with Crippen molar-refractivity contribution in [2.45, 2.75) is 59.2 Å². The van der Waals surface area contributed by atoms with Gasteiger partial charge in [0.1, 0.15) is 0 Å². The van der Waals surface area contributed by atoms with Crippen molar-refractivity contribution in [3.63, 3.8) is 0 Å². The summed E-state index contributed by atoms with van der Waals surface area (Å²) in [6.45, 7) is 9.40. The first-order valence-corrected chi connectivity index (χ1v) is 7.11. The fourth-order valence-corrected chi connectivity index (χ4v) is 2.52. The summed E-state index contributed by atoms with van der Waals surface area (Å²) in [5.74, 6) is 6.12. The third-order valence-electron chi connectivity index (χ3n) is 3.54. The van der Waals surface area contributed by atoms with Crippen LogP contribution in [0, 0.1) is 5.92 Å². The zero-order chi connectivity index (χ0) is 14.4. The van der Waals surface area contributed by atoms with Crippen LogP contribution in [0.1, 0.15) is 39.1 Å². The molecule has 0 amide bonds. The van der Waals surface area contributed by atoms with Crippen molar-refractivity contribution in [3.8, 4) is 0 Å². The average molecular weight is 268 g/mol. The van der Waals surface area contributed by atoms with Crippen molar-refractivity contribution in [2.24, 2.45) is 11.8 Å². The normalized spacial score (nSPS) is 14.9. The van der Waals surface area contributed by atoms with Crippen LogP contribution in [0.3, 0.4) is 0 Å². The number of ether oxygens (including phenoxy) is 1. The molecule has 3 N–H and O–H groups in total. The molecule has 0 aromatic carbocycles. The summed E-state index contributed by atoms with van der Waals surface area (Å²) >= 11 is 0. The van der Waals surface area contributed by atoms with Gasteiger partial charge in [-0.05, 0) is 25.3 Å². The molecular weight excluding hydrogens is 240 g/mol. The van der Waals surface area contributed by atoms with Crippen LogP contribution in [0.25, 0.3) is 0 Å². The number of nitrogens with two attached hydrogens (primary N) is 1. The molecular formula is C14H28N4O. The Hall–Kier alpha value is -0.910. The highest BCUT2D eigenvalue weighted by Crippen LogP contribution is 2.16. The molecule has 0 saturated carbocycles. The van der Waals surface area contributed by atoms with E-state index in [9.17, 15) is 0 Å². The lowest BCUT2D eigenvalue weighted by molar-refractivity contribution is 0.0327. The van der Waals surface area contributed by atoms with Crippen molar-refractivity contribution < 1.29 is 4.74 Å². The molecule has 1 heterocycles. The number of hydrazine groups is 1. The zero-order valence-corrected chi connectivity index (χ0v) is 12.8. The summed E-state index contributed by atoms with van der Waals surface area (Å²) in [4.78, 5) is 0. The molecule has 0 fully saturated rings. The van der Waals surface area contributed by atoms with E-state index < -0.39 is 0 Å². The third kappa shape index (κ3) is 4.03. The minimum Gasteiger partial charge on any atom is -0.380 e. The first-order chi connectivity index (χ1) is 9.07. The molecule has 19 heavy (non-hydrogen) atoms. The predicted octanol–water partition coefficient (Wildman–Crippen LogP) is 1.51. The van der Waals surface area contributed by atoms with Crippen molar-refractivity contribution in [3.05, 3.63) is 17.5 Å². The van der Waals surface area contributed by atoms with E-state index in [1.165, 1.54) is 5.69 Å². The van der Waals surface area contributed by atoms with Gasteiger partial charge in [-0.25, -0.2) is 0 Å². The highest BCUT2D eigenvalue weighted by Gasteiger charge is 2.25. The van der Waals surface area contributed by atoms with Crippen LogP contribution in [-0.4, -0.2) is 29.0 Å². The Morgan fingerprint density at radius 2 is 2.11 bits per heavy atom. The van der Waals surface area contributed by atoms with Crippen molar-refractivity contribution >= 4 is 0 Å². The lowest BCUT2D eigenvalue weighted by atomic mass is 9.96. The molecule has 2 unspecified atom stereocenters. The Balaban J connectivity index is 2.88. The summed E-state index contributed by atoms with van der Waals surface area (Å²) < 4.78 is 7.62. The molecule has 110 valence electrons. The lowest BCUT2D eigenvalue weighted by Gasteiger charge is -2.28. The molecule has 1 aromatic heterocycles. The molecule has 0 aliphatic heterocycles. The van der Waals surface area contributed by atoms with Gasteiger partial charge in [0.15, 0.2) is 0 Å². The van der Waals surface area contributed by atoms with Gasteiger partial charge in [-0.2, -0.15) is 5.10 Å². The smallest absolute Gasteiger partial charge is 0.0764 e. The maximum atomic E-state index is 5.71. The Labute approximate surface area is 116 Å². The molecule has 0 aliphatic rings. The number of hydrogen-bond donors (Lipinski definition) is 2. The number of rotatable bonds is 8. The maximum Gasteiger partial charge on any atom is 0.0764 e. The van der Waals surface area contributed by atoms with Crippen molar-refractivity contribution in [2.75, 3.05) is 7.11 Å². The maximum absolute atomic E-state index is 5.71. The van der Waals surface area contributed by atoms with E-state index in [0.29, 0.717) is 5.92 Å². The van der Waals surface area contributed by atoms with E-state index >= 15 is 0 Å². The van der Waals surface area contributed by atoms with Crippen LogP contribution in [-0.2, 0) is 24.1 Å². The molecule has 0 aliphatic carbocycles. The minimum atomic E-state index is 0.0929. The summed E-state index contributed by atoms with van der Waals surface area (Å²) in [5, 5.41) is 4.57. The van der Waals surface area contributed by atoms with Crippen LogP contribution < -0.4 is 11.3 Å². The largest absolute Gasteiger partial charge is 0.380 e. The van der Waals surface area contributed by atoms with E-state index in [-0.39, 0.29) is 12.1 Å². The fourth-order valence-electron chi connectivity index (χ4n) is 2.52. The number of aryl methyl sites for hydroxylation is 2. The first-order valence-electron chi connectivity index (χ1n) is 7.11. The molecule has 1 aromatic rings. The van der Waals surface area contributed by atoms with Gasteiger partial charge < -0.3 is 4.74 Å². The lowest BCUT2D eigenvalue weighted by Crippen LogP contribution is -2.48. The number of nitrogens with one attached hydrogen (secondary N) is 1. The number of aromatic nitrogens is 2.